The second-order valence-electron chi connectivity index (χ2n) is 11.0. The van der Waals surface area contributed by atoms with Gasteiger partial charge in [0.2, 0.25) is 5.41 Å². The summed E-state index contributed by atoms with van der Waals surface area (Å²) in [6, 6.07) is 10.6. The number of aliphatic hydroxyl groups is 4. The molecule has 12 nitrogen and oxygen atoms in total. The molecule has 0 aliphatic heterocycles. The van der Waals surface area contributed by atoms with Crippen molar-refractivity contribution in [3.8, 4) is 11.8 Å². The minimum Gasteiger partial charge on any atom is -0.509 e. The van der Waals surface area contributed by atoms with Crippen LogP contribution in [0.4, 0.5) is 0 Å². The van der Waals surface area contributed by atoms with Crippen molar-refractivity contribution in [1.82, 2.24) is 4.90 Å². The largest absolute Gasteiger partial charge is 0.509 e. The first-order valence-electron chi connectivity index (χ1n) is 12.8. The van der Waals surface area contributed by atoms with Gasteiger partial charge in [0.15, 0.2) is 11.6 Å². The Morgan fingerprint density at radius 2 is 1.71 bits per heavy atom. The van der Waals surface area contributed by atoms with Crippen molar-refractivity contribution < 1.29 is 39.9 Å². The standard InChI is InChI=1S/C30H28N4O8/c1-13-7-9-14(10-8-13)11-16-15-5-4-6-17(35)18(15)21(36)20-25(39)28(12-31)24(38)19(26(32)40)22(37)23(34(2)3)30(28,42)27(41)29(16,20)33/h4-11,23,27,35-36,38,41-42H,33H2,1-3H3,(H2,32,40)/b16-11+/t23-,27+,28+,29+,30+/m1/s1. The molecule has 3 aliphatic rings. The van der Waals surface area contributed by atoms with Crippen molar-refractivity contribution >= 4 is 34.9 Å². The minimum absolute atomic E-state index is 0.0556. The normalized spacial score (nSPS) is 31.5. The van der Waals surface area contributed by atoms with Crippen LogP contribution in [0.15, 0.2) is 59.4 Å². The van der Waals surface area contributed by atoms with Crippen LogP contribution in [0.5, 0.6) is 5.75 Å². The molecule has 5 rings (SSSR count). The lowest BCUT2D eigenvalue weighted by Gasteiger charge is -2.60. The molecule has 9 N–H and O–H groups in total. The number of nitrogens with zero attached hydrogens (tertiary/aromatic N) is 2. The summed E-state index contributed by atoms with van der Waals surface area (Å²) in [5.41, 5.74) is 2.55. The van der Waals surface area contributed by atoms with E-state index in [0.29, 0.717) is 5.56 Å². The van der Waals surface area contributed by atoms with Crippen LogP contribution in [0.1, 0.15) is 22.3 Å². The van der Waals surface area contributed by atoms with E-state index in [2.05, 4.69) is 0 Å². The van der Waals surface area contributed by atoms with Gasteiger partial charge in [-0.1, -0.05) is 42.0 Å². The number of phenols is 1. The molecule has 0 radical (unpaired) electrons. The Morgan fingerprint density at radius 3 is 2.26 bits per heavy atom. The summed E-state index contributed by atoms with van der Waals surface area (Å²) >= 11 is 0. The van der Waals surface area contributed by atoms with Gasteiger partial charge in [-0.3, -0.25) is 19.3 Å². The van der Waals surface area contributed by atoms with Gasteiger partial charge < -0.3 is 37.0 Å². The zero-order valence-electron chi connectivity index (χ0n) is 22.8. The third-order valence-electron chi connectivity index (χ3n) is 8.50. The molecule has 0 unspecified atom stereocenters. The van der Waals surface area contributed by atoms with E-state index in [1.165, 1.54) is 44.4 Å². The van der Waals surface area contributed by atoms with Crippen LogP contribution >= 0.6 is 0 Å². The molecule has 5 atom stereocenters. The average molecular weight is 573 g/mol. The zero-order chi connectivity index (χ0) is 31.1. The molecule has 12 heteroatoms. The predicted molar refractivity (Wildman–Crippen MR) is 149 cm³/mol. The maximum Gasteiger partial charge on any atom is 0.255 e. The monoisotopic (exact) mass is 572 g/mol. The van der Waals surface area contributed by atoms with E-state index >= 15 is 0 Å². The zero-order valence-corrected chi connectivity index (χ0v) is 22.8. The van der Waals surface area contributed by atoms with Crippen molar-refractivity contribution in [2.45, 2.75) is 30.2 Å². The van der Waals surface area contributed by atoms with Gasteiger partial charge in [-0.25, -0.2) is 0 Å². The summed E-state index contributed by atoms with van der Waals surface area (Å²) in [6.07, 6.45) is -0.983. The summed E-state index contributed by atoms with van der Waals surface area (Å²) in [6.45, 7) is 1.86. The molecule has 0 saturated heterocycles. The van der Waals surface area contributed by atoms with Gasteiger partial charge in [0.25, 0.3) is 5.91 Å². The SMILES string of the molecule is Cc1ccc(/C=C2\c3cccc(O)c3C(O)=C3C(=O)[C@]4(C#N)C(O)=C(C(N)=O)C(=O)[C@@H](N(C)C)[C@]4(O)[C@@H](O)[C@@]32N)cc1. The lowest BCUT2D eigenvalue weighted by molar-refractivity contribution is -0.201. The summed E-state index contributed by atoms with van der Waals surface area (Å²) in [5.74, 6) is -7.15. The third-order valence-corrected chi connectivity index (χ3v) is 8.50. The number of fused-ring (bicyclic) bond motifs is 3. The molecule has 0 spiro atoms. The number of nitrogens with two attached hydrogens (primary N) is 2. The quantitative estimate of drug-likeness (QED) is 0.246. The number of ketones is 2. The number of hydrogen-bond donors (Lipinski definition) is 7. The Balaban J connectivity index is 1.98. The fourth-order valence-electron chi connectivity index (χ4n) is 6.57. The number of carbonyl (C=O) groups is 3. The third kappa shape index (κ3) is 3.21. The van der Waals surface area contributed by atoms with Gasteiger partial charge in [-0.05, 0) is 49.9 Å². The second-order valence-corrected chi connectivity index (χ2v) is 11.0. The molecular weight excluding hydrogens is 544 g/mol. The number of phenolic OH excluding ortho intramolecular Hbond substituents is 1. The van der Waals surface area contributed by atoms with Crippen molar-refractivity contribution in [2.24, 2.45) is 16.9 Å². The van der Waals surface area contributed by atoms with E-state index in [0.717, 1.165) is 10.5 Å². The van der Waals surface area contributed by atoms with E-state index in [9.17, 15) is 45.2 Å². The molecule has 3 aliphatic carbocycles. The maximum absolute atomic E-state index is 14.6. The molecule has 2 aromatic rings. The number of benzene rings is 2. The number of rotatable bonds is 3. The number of nitriles is 1. The molecular formula is C30H28N4O8. The van der Waals surface area contributed by atoms with Crippen LogP contribution in [0.3, 0.4) is 0 Å². The van der Waals surface area contributed by atoms with Gasteiger partial charge >= 0.3 is 0 Å². The second kappa shape index (κ2) is 9.10. The Morgan fingerprint density at radius 1 is 1.10 bits per heavy atom. The lowest BCUT2D eigenvalue weighted by atomic mass is 9.46. The smallest absolute Gasteiger partial charge is 0.255 e. The van der Waals surface area contributed by atoms with Crippen LogP contribution in [-0.4, -0.2) is 85.3 Å². The van der Waals surface area contributed by atoms with E-state index in [4.69, 9.17) is 11.5 Å². The number of hydrogen-bond acceptors (Lipinski definition) is 11. The Kier molecular flexibility index (Phi) is 6.22. The number of carbonyl (C=O) groups excluding carboxylic acids is 3. The maximum atomic E-state index is 14.6. The minimum atomic E-state index is -3.23. The molecule has 0 aromatic heterocycles. The Bertz CT molecular complexity index is 1730. The highest BCUT2D eigenvalue weighted by Gasteiger charge is 2.80. The number of likely N-dealkylation sites (N-methyl/N-ethyl adjacent to an activating group) is 1. The van der Waals surface area contributed by atoms with Crippen molar-refractivity contribution in [1.29, 1.82) is 5.26 Å². The first-order chi connectivity index (χ1) is 19.6. The fraction of sp³-hybridized carbons (Fsp3) is 0.267. The summed E-state index contributed by atoms with van der Waals surface area (Å²) < 4.78 is 0. The van der Waals surface area contributed by atoms with Gasteiger partial charge in [0, 0.05) is 0 Å². The molecule has 0 bridgehead atoms. The molecule has 216 valence electrons. The number of aryl methyl sites for hydroxylation is 1. The highest BCUT2D eigenvalue weighted by molar-refractivity contribution is 6.26. The number of Topliss-reactive ketones (excluding diaryl/α,β-unsaturated/α-hetero) is 2. The van der Waals surface area contributed by atoms with E-state index < -0.39 is 74.6 Å². The number of primary amides is 1. The van der Waals surface area contributed by atoms with E-state index in [1.54, 1.807) is 24.3 Å². The highest BCUT2D eigenvalue weighted by atomic mass is 16.4. The summed E-state index contributed by atoms with van der Waals surface area (Å²) in [4.78, 5) is 41.5. The highest BCUT2D eigenvalue weighted by Crippen LogP contribution is 2.61. The number of aromatic hydroxyl groups is 1. The van der Waals surface area contributed by atoms with Crippen molar-refractivity contribution in [2.75, 3.05) is 14.1 Å². The Labute approximate surface area is 239 Å². The van der Waals surface area contributed by atoms with Crippen molar-refractivity contribution in [3.05, 3.63) is 81.6 Å². The topological polar surface area (TPSA) is 231 Å². The van der Waals surface area contributed by atoms with Gasteiger partial charge in [0.05, 0.1) is 17.2 Å². The fourth-order valence-corrected chi connectivity index (χ4v) is 6.57. The predicted octanol–water partition coefficient (Wildman–Crippen LogP) is 0.216. The summed E-state index contributed by atoms with van der Waals surface area (Å²) in [7, 11) is 2.56. The first-order valence-corrected chi connectivity index (χ1v) is 12.8. The Hall–Kier alpha value is -4.80. The van der Waals surface area contributed by atoms with Gasteiger partial charge in [0.1, 0.15) is 46.1 Å². The van der Waals surface area contributed by atoms with Crippen LogP contribution in [0.25, 0.3) is 17.4 Å². The molecule has 2 aromatic carbocycles. The van der Waals surface area contributed by atoms with Crippen LogP contribution < -0.4 is 11.5 Å². The molecule has 0 heterocycles. The summed E-state index contributed by atoms with van der Waals surface area (Å²) in [5, 5.41) is 68.6. The van der Waals surface area contributed by atoms with Gasteiger partial charge in [-0.15, -0.1) is 0 Å². The lowest BCUT2D eigenvalue weighted by Crippen LogP contribution is -2.83. The number of amides is 1. The molecule has 1 saturated carbocycles. The average Bonchev–Trinajstić information content (AvgIpc) is 2.90. The van der Waals surface area contributed by atoms with Crippen LogP contribution in [0, 0.1) is 23.7 Å². The van der Waals surface area contributed by atoms with Crippen LogP contribution in [-0.2, 0) is 14.4 Å². The number of aliphatic hydroxyl groups excluding tert-OH is 3. The van der Waals surface area contributed by atoms with E-state index in [-0.39, 0.29) is 16.7 Å². The van der Waals surface area contributed by atoms with Gasteiger partial charge in [-0.2, -0.15) is 5.26 Å². The molecule has 1 amide bonds. The first kappa shape index (κ1) is 28.7. The van der Waals surface area contributed by atoms with E-state index in [1.807, 2.05) is 6.92 Å². The molecule has 1 fully saturated rings. The molecule has 42 heavy (non-hydrogen) atoms. The van der Waals surface area contributed by atoms with Crippen molar-refractivity contribution in [3.63, 3.8) is 0 Å². The van der Waals surface area contributed by atoms with Crippen LogP contribution in [0.2, 0.25) is 0 Å².